The van der Waals surface area contributed by atoms with E-state index in [1.807, 2.05) is 32.1 Å². The molecule has 4 nitrogen and oxygen atoms in total. The number of hydrogen-bond donors (Lipinski definition) is 0. The van der Waals surface area contributed by atoms with Crippen LogP contribution in [0.1, 0.15) is 36.5 Å². The molecule has 0 atom stereocenters. The monoisotopic (exact) mass is 655 g/mol. The fourth-order valence-corrected chi connectivity index (χ4v) is 3.70. The molecule has 0 spiro atoms. The predicted molar refractivity (Wildman–Crippen MR) is 127 cm³/mol. The van der Waals surface area contributed by atoms with Crippen LogP contribution in [0.4, 0.5) is 8.78 Å². The zero-order chi connectivity index (χ0) is 25.0. The summed E-state index contributed by atoms with van der Waals surface area (Å²) in [5.74, 6) is -1.46. The molecule has 0 saturated heterocycles. The van der Waals surface area contributed by atoms with Gasteiger partial charge in [0.2, 0.25) is 0 Å². The van der Waals surface area contributed by atoms with E-state index in [9.17, 15) is 19.3 Å². The van der Waals surface area contributed by atoms with Gasteiger partial charge in [-0.3, -0.25) is 13.8 Å². The Bertz CT molecular complexity index is 1500. The van der Waals surface area contributed by atoms with Gasteiger partial charge in [0.1, 0.15) is 12.1 Å². The first-order valence-corrected chi connectivity index (χ1v) is 10.7. The number of halogens is 2. The van der Waals surface area contributed by atoms with E-state index in [0.717, 1.165) is 12.1 Å². The first kappa shape index (κ1) is 26.6. The molecule has 0 N–H and O–H groups in total. The maximum absolute atomic E-state index is 14.3. The number of allylic oxidation sites excluding steroid dienone is 1. The molecule has 2 heterocycles. The normalized spacial score (nSPS) is 10.5. The maximum atomic E-state index is 14.3. The molecule has 0 saturated carbocycles. The van der Waals surface area contributed by atoms with Crippen LogP contribution in [0.2, 0.25) is 0 Å². The average molecular weight is 656 g/mol. The third-order valence-corrected chi connectivity index (χ3v) is 5.60. The van der Waals surface area contributed by atoms with E-state index in [2.05, 4.69) is 17.1 Å². The van der Waals surface area contributed by atoms with Gasteiger partial charge in [0.05, 0.1) is 11.3 Å². The second-order valence-electron chi connectivity index (χ2n) is 8.23. The van der Waals surface area contributed by atoms with Crippen LogP contribution in [0, 0.1) is 46.4 Å². The van der Waals surface area contributed by atoms with Crippen LogP contribution in [0.5, 0.6) is 0 Å². The Balaban J connectivity index is 0.00000361. The van der Waals surface area contributed by atoms with Crippen molar-refractivity contribution in [3.05, 3.63) is 125 Å². The zero-order valence-electron chi connectivity index (χ0n) is 19.3. The third kappa shape index (κ3) is 5.30. The third-order valence-electron chi connectivity index (χ3n) is 5.60. The van der Waals surface area contributed by atoms with E-state index in [4.69, 9.17) is 4.98 Å². The van der Waals surface area contributed by atoms with Crippen molar-refractivity contribution in [2.75, 3.05) is 0 Å². The molecule has 2 aromatic heterocycles. The van der Waals surface area contributed by atoms with Crippen LogP contribution in [-0.4, -0.2) is 9.97 Å². The minimum absolute atomic E-state index is 0. The summed E-state index contributed by atoms with van der Waals surface area (Å²) in [7, 11) is 0. The molecule has 0 radical (unpaired) electrons. The van der Waals surface area contributed by atoms with Crippen LogP contribution < -0.4 is 0 Å². The van der Waals surface area contributed by atoms with Gasteiger partial charge in [0, 0.05) is 28.4 Å². The second kappa shape index (κ2) is 11.2. The number of nitrogens with zero attached hydrogens (tertiary/aromatic N) is 4. The Morgan fingerprint density at radius 2 is 1.58 bits per heavy atom. The first-order chi connectivity index (χ1) is 16.8. The molecule has 178 valence electrons. The maximum Gasteiger partial charge on any atom is 2.00 e. The molecule has 2 aromatic carbocycles. The number of rotatable bonds is 5. The number of pyridine rings is 2. The SMILES string of the molecule is CC(C)(c1cccc(C(=C(C#N)C#N)c2[c-]cccc2)n1)c1cccc(-c2[c-]cc(F)cc2F)n1.[Pt+2]. The molecular weight excluding hydrogens is 637 g/mol. The van der Waals surface area contributed by atoms with Crippen molar-refractivity contribution >= 4 is 5.57 Å². The largest absolute Gasteiger partial charge is 2.00 e. The average Bonchev–Trinajstić information content (AvgIpc) is 2.88. The molecule has 7 heteroatoms. The molecule has 0 aliphatic carbocycles. The molecule has 0 bridgehead atoms. The van der Waals surface area contributed by atoms with E-state index in [-0.39, 0.29) is 32.2 Å². The molecule has 0 amide bonds. The Labute approximate surface area is 222 Å². The van der Waals surface area contributed by atoms with Crippen molar-refractivity contribution in [1.82, 2.24) is 9.97 Å². The quantitative estimate of drug-likeness (QED) is 0.190. The topological polar surface area (TPSA) is 73.4 Å². The Kier molecular flexibility index (Phi) is 8.25. The van der Waals surface area contributed by atoms with Crippen LogP contribution in [0.25, 0.3) is 16.8 Å². The Hall–Kier alpha value is -3.99. The van der Waals surface area contributed by atoms with Crippen LogP contribution in [0.15, 0.2) is 78.4 Å². The summed E-state index contributed by atoms with van der Waals surface area (Å²) in [6, 6.07) is 29.1. The van der Waals surface area contributed by atoms with Crippen molar-refractivity contribution in [3.63, 3.8) is 0 Å². The van der Waals surface area contributed by atoms with E-state index < -0.39 is 17.0 Å². The minimum Gasteiger partial charge on any atom is -0.300 e. The van der Waals surface area contributed by atoms with Crippen LogP contribution in [0.3, 0.4) is 0 Å². The summed E-state index contributed by atoms with van der Waals surface area (Å²) in [6.07, 6.45) is 0. The predicted octanol–water partition coefficient (Wildman–Crippen LogP) is 6.19. The van der Waals surface area contributed by atoms with Gasteiger partial charge < -0.3 is 4.98 Å². The fraction of sp³-hybridized carbons (Fsp3) is 0.103. The van der Waals surface area contributed by atoms with Gasteiger partial charge in [-0.05, 0) is 43.3 Å². The number of nitriles is 2. The molecule has 4 aromatic rings. The van der Waals surface area contributed by atoms with Crippen molar-refractivity contribution < 1.29 is 29.8 Å². The van der Waals surface area contributed by atoms with Crippen molar-refractivity contribution in [3.8, 4) is 23.4 Å². The molecule has 0 fully saturated rings. The molecular formula is C29H18F2N4Pt. The van der Waals surface area contributed by atoms with Gasteiger partial charge in [-0.25, -0.2) is 0 Å². The van der Waals surface area contributed by atoms with Gasteiger partial charge in [0.25, 0.3) is 0 Å². The molecule has 4 rings (SSSR count). The summed E-state index contributed by atoms with van der Waals surface area (Å²) in [6.45, 7) is 3.84. The van der Waals surface area contributed by atoms with Gasteiger partial charge in [-0.15, -0.1) is 48.0 Å². The van der Waals surface area contributed by atoms with E-state index in [1.54, 1.807) is 54.6 Å². The van der Waals surface area contributed by atoms with E-state index in [1.165, 1.54) is 0 Å². The summed E-state index contributed by atoms with van der Waals surface area (Å²) >= 11 is 0. The van der Waals surface area contributed by atoms with Crippen molar-refractivity contribution in [2.45, 2.75) is 19.3 Å². The van der Waals surface area contributed by atoms with E-state index in [0.29, 0.717) is 33.9 Å². The number of benzene rings is 2. The van der Waals surface area contributed by atoms with E-state index >= 15 is 0 Å². The number of aromatic nitrogens is 2. The minimum atomic E-state index is -0.748. The number of hydrogen-bond acceptors (Lipinski definition) is 4. The molecule has 0 aliphatic heterocycles. The summed E-state index contributed by atoms with van der Waals surface area (Å²) in [5, 5.41) is 19.1. The van der Waals surface area contributed by atoms with Crippen LogP contribution >= 0.6 is 0 Å². The summed E-state index contributed by atoms with van der Waals surface area (Å²) < 4.78 is 27.7. The van der Waals surface area contributed by atoms with Gasteiger partial charge in [-0.1, -0.05) is 29.8 Å². The Morgan fingerprint density at radius 1 is 0.889 bits per heavy atom. The van der Waals surface area contributed by atoms with Gasteiger partial charge in [-0.2, -0.15) is 10.5 Å². The Morgan fingerprint density at radius 3 is 2.22 bits per heavy atom. The van der Waals surface area contributed by atoms with Gasteiger partial charge in [0.15, 0.2) is 0 Å². The standard InChI is InChI=1S/C29H18F2N4.Pt/c1-29(2,26-12-6-10-24(34-26)22-15-14-21(30)16-23(22)31)27-13-7-11-25(35-27)28(20(17-32)18-33)19-8-4-3-5-9-19;/h3-8,10-14,16H,1-2H3;/q-2;+2. The van der Waals surface area contributed by atoms with Crippen molar-refractivity contribution in [2.24, 2.45) is 0 Å². The molecule has 36 heavy (non-hydrogen) atoms. The fourth-order valence-electron chi connectivity index (χ4n) is 3.70. The summed E-state index contributed by atoms with van der Waals surface area (Å²) in [5.41, 5.74) is 2.24. The second-order valence-corrected chi connectivity index (χ2v) is 8.23. The van der Waals surface area contributed by atoms with Crippen LogP contribution in [-0.2, 0) is 26.5 Å². The van der Waals surface area contributed by atoms with Gasteiger partial charge >= 0.3 is 21.1 Å². The van der Waals surface area contributed by atoms with Crippen molar-refractivity contribution in [1.29, 1.82) is 10.5 Å². The molecule has 0 unspecified atom stereocenters. The summed E-state index contributed by atoms with van der Waals surface area (Å²) in [4.78, 5) is 9.42. The first-order valence-electron chi connectivity index (χ1n) is 10.7. The zero-order valence-corrected chi connectivity index (χ0v) is 21.6. The molecule has 0 aliphatic rings. The smallest absolute Gasteiger partial charge is 0.300 e.